The molecule has 0 radical (unpaired) electrons. The zero-order valence-corrected chi connectivity index (χ0v) is 23.7. The molecule has 0 amide bonds. The summed E-state index contributed by atoms with van der Waals surface area (Å²) >= 11 is 0. The highest BCUT2D eigenvalue weighted by molar-refractivity contribution is 7.91. The first-order valence-corrected chi connectivity index (χ1v) is 14.7. The Bertz CT molecular complexity index is 1080. The second-order valence-electron chi connectivity index (χ2n) is 11.5. The van der Waals surface area contributed by atoms with Gasteiger partial charge in [-0.05, 0) is 68.8 Å². The standard InChI is InChI=1S/C26H42N4O6S/c1-17-13-20(35-6)14-18(2)23(17)37(33,34)16-22-27-24(25(31)32)36-30(22)21-8-7-19(15-26(21,3)4)29-11-9-28(5)10-12-29/h13-14,19,21-22,24,27H,7-12,15-16H2,1-6H3,(H,31,32). The summed E-state index contributed by atoms with van der Waals surface area (Å²) in [7, 11) is -0.0681. The average molecular weight is 539 g/mol. The van der Waals surface area contributed by atoms with E-state index in [0.29, 0.717) is 22.9 Å². The van der Waals surface area contributed by atoms with Gasteiger partial charge in [0.2, 0.25) is 6.23 Å². The lowest BCUT2D eigenvalue weighted by Crippen LogP contribution is -2.58. The highest BCUT2D eigenvalue weighted by Crippen LogP contribution is 2.43. The minimum atomic E-state index is -3.77. The first-order valence-electron chi connectivity index (χ1n) is 13.1. The number of methoxy groups -OCH3 is 1. The topological polar surface area (TPSA) is 112 Å². The Hall–Kier alpha value is -1.76. The highest BCUT2D eigenvalue weighted by Gasteiger charge is 2.50. The first kappa shape index (κ1) is 28.3. The molecule has 2 aliphatic heterocycles. The van der Waals surface area contributed by atoms with Crippen molar-refractivity contribution >= 4 is 15.8 Å². The quantitative estimate of drug-likeness (QED) is 0.534. The molecule has 2 heterocycles. The Morgan fingerprint density at radius 1 is 1.16 bits per heavy atom. The second kappa shape index (κ2) is 10.8. The molecule has 1 aromatic carbocycles. The molecule has 1 saturated carbocycles. The van der Waals surface area contributed by atoms with Gasteiger partial charge < -0.3 is 14.7 Å². The molecule has 208 valence electrons. The number of hydrogen-bond acceptors (Lipinski definition) is 9. The van der Waals surface area contributed by atoms with Crippen LogP contribution in [0, 0.1) is 19.3 Å². The predicted molar refractivity (Wildman–Crippen MR) is 140 cm³/mol. The molecule has 10 nitrogen and oxygen atoms in total. The molecule has 0 spiro atoms. The second-order valence-corrected chi connectivity index (χ2v) is 13.5. The monoisotopic (exact) mass is 538 g/mol. The molecule has 1 aromatic rings. The maximum Gasteiger partial charge on any atom is 0.350 e. The van der Waals surface area contributed by atoms with Crippen LogP contribution in [0.3, 0.4) is 0 Å². The smallest absolute Gasteiger partial charge is 0.350 e. The Morgan fingerprint density at radius 2 is 1.78 bits per heavy atom. The van der Waals surface area contributed by atoms with Crippen molar-refractivity contribution in [3.63, 3.8) is 0 Å². The molecule has 3 aliphatic rings. The number of aliphatic carboxylic acids is 1. The van der Waals surface area contributed by atoms with Crippen molar-refractivity contribution in [2.45, 2.75) is 76.3 Å². The van der Waals surface area contributed by atoms with Gasteiger partial charge in [-0.2, -0.15) is 5.06 Å². The number of benzene rings is 1. The number of hydrogen-bond donors (Lipinski definition) is 2. The van der Waals surface area contributed by atoms with Crippen LogP contribution in [0.5, 0.6) is 5.75 Å². The van der Waals surface area contributed by atoms with E-state index in [4.69, 9.17) is 9.57 Å². The molecule has 4 unspecified atom stereocenters. The molecule has 11 heteroatoms. The van der Waals surface area contributed by atoms with Crippen LogP contribution in [-0.2, 0) is 19.5 Å². The van der Waals surface area contributed by atoms with E-state index in [2.05, 4.69) is 36.0 Å². The van der Waals surface area contributed by atoms with Crippen molar-refractivity contribution in [1.82, 2.24) is 20.2 Å². The van der Waals surface area contributed by atoms with Gasteiger partial charge in [-0.1, -0.05) is 13.8 Å². The van der Waals surface area contributed by atoms with Gasteiger partial charge >= 0.3 is 5.97 Å². The lowest BCUT2D eigenvalue weighted by molar-refractivity contribution is -0.222. The largest absolute Gasteiger partial charge is 0.497 e. The van der Waals surface area contributed by atoms with Gasteiger partial charge in [0.05, 0.1) is 17.8 Å². The van der Waals surface area contributed by atoms with E-state index in [1.807, 2.05) is 0 Å². The van der Waals surface area contributed by atoms with Crippen LogP contribution >= 0.6 is 0 Å². The minimum Gasteiger partial charge on any atom is -0.497 e. The number of nitrogens with zero attached hydrogens (tertiary/aromatic N) is 3. The van der Waals surface area contributed by atoms with Crippen molar-refractivity contribution in [1.29, 1.82) is 0 Å². The molecule has 4 atom stereocenters. The fraction of sp³-hybridized carbons (Fsp3) is 0.731. The Balaban J connectivity index is 1.55. The zero-order chi connectivity index (χ0) is 27.1. The average Bonchev–Trinajstić information content (AvgIpc) is 3.21. The van der Waals surface area contributed by atoms with Crippen molar-refractivity contribution < 1.29 is 27.9 Å². The maximum atomic E-state index is 13.7. The number of nitrogens with one attached hydrogen (secondary N) is 1. The van der Waals surface area contributed by atoms with E-state index in [9.17, 15) is 18.3 Å². The van der Waals surface area contributed by atoms with Gasteiger partial charge in [0.1, 0.15) is 11.9 Å². The summed E-state index contributed by atoms with van der Waals surface area (Å²) in [4.78, 5) is 22.9. The SMILES string of the molecule is COc1cc(C)c(S(=O)(=O)CC2NC(C(=O)O)ON2C2CCC(N3CCN(C)CC3)CC2(C)C)c(C)c1. The number of sulfone groups is 1. The van der Waals surface area contributed by atoms with Crippen molar-refractivity contribution in [3.05, 3.63) is 23.3 Å². The summed E-state index contributed by atoms with van der Waals surface area (Å²) in [5, 5.41) is 14.3. The van der Waals surface area contributed by atoms with Gasteiger partial charge in [-0.3, -0.25) is 15.1 Å². The number of piperazine rings is 1. The van der Waals surface area contributed by atoms with E-state index >= 15 is 0 Å². The number of hydroxylamine groups is 2. The lowest BCUT2D eigenvalue weighted by Gasteiger charge is -2.50. The third-order valence-electron chi connectivity index (χ3n) is 8.26. The van der Waals surface area contributed by atoms with Crippen LogP contribution in [0.25, 0.3) is 0 Å². The molecule has 37 heavy (non-hydrogen) atoms. The van der Waals surface area contributed by atoms with E-state index in [-0.39, 0.29) is 22.1 Å². The Morgan fingerprint density at radius 3 is 2.32 bits per heavy atom. The molecular weight excluding hydrogens is 496 g/mol. The van der Waals surface area contributed by atoms with Gasteiger partial charge in [0.25, 0.3) is 0 Å². The summed E-state index contributed by atoms with van der Waals surface area (Å²) in [6, 6.07) is 3.75. The third kappa shape index (κ3) is 5.97. The highest BCUT2D eigenvalue weighted by atomic mass is 32.2. The van der Waals surface area contributed by atoms with Crippen LogP contribution in [0.15, 0.2) is 17.0 Å². The molecule has 0 aromatic heterocycles. The number of carbonyl (C=O) groups is 1. The fourth-order valence-corrected chi connectivity index (χ4v) is 8.29. The molecule has 1 aliphatic carbocycles. The number of carboxylic acids is 1. The van der Waals surface area contributed by atoms with E-state index in [1.165, 1.54) is 0 Å². The van der Waals surface area contributed by atoms with Crippen molar-refractivity contribution in [3.8, 4) is 5.75 Å². The maximum absolute atomic E-state index is 13.7. The van der Waals surface area contributed by atoms with E-state index in [0.717, 1.165) is 45.4 Å². The summed E-state index contributed by atoms with van der Waals surface area (Å²) < 4.78 is 32.6. The Labute approximate surface area is 220 Å². The van der Waals surface area contributed by atoms with Crippen molar-refractivity contribution in [2.24, 2.45) is 5.41 Å². The number of likely N-dealkylation sites (N-methyl/N-ethyl adjacent to an activating group) is 1. The van der Waals surface area contributed by atoms with Crippen LogP contribution in [0.1, 0.15) is 44.2 Å². The first-order chi connectivity index (χ1) is 17.3. The number of aryl methyl sites for hydroxylation is 2. The van der Waals surface area contributed by atoms with E-state index < -0.39 is 28.2 Å². The molecule has 0 bridgehead atoms. The summed E-state index contributed by atoms with van der Waals surface area (Å²) in [5.41, 5.74) is 1.00. The van der Waals surface area contributed by atoms with Crippen LogP contribution in [0.4, 0.5) is 0 Å². The molecule has 2 N–H and O–H groups in total. The summed E-state index contributed by atoms with van der Waals surface area (Å²) in [6.07, 6.45) is 0.636. The van der Waals surface area contributed by atoms with Gasteiger partial charge in [-0.25, -0.2) is 13.2 Å². The number of rotatable bonds is 7. The number of carboxylic acid groups (broad SMARTS) is 1. The normalized spacial score (nSPS) is 29.9. The van der Waals surface area contributed by atoms with Gasteiger partial charge in [0, 0.05) is 38.3 Å². The lowest BCUT2D eigenvalue weighted by atomic mass is 9.70. The molecular formula is C26H42N4O6S. The van der Waals surface area contributed by atoms with Crippen LogP contribution < -0.4 is 10.1 Å². The van der Waals surface area contributed by atoms with Gasteiger partial charge in [-0.15, -0.1) is 0 Å². The third-order valence-corrected chi connectivity index (χ3v) is 10.3. The molecule has 3 fully saturated rings. The molecule has 4 rings (SSSR count). The summed E-state index contributed by atoms with van der Waals surface area (Å²) in [5.74, 6) is -0.854. The van der Waals surface area contributed by atoms with Gasteiger partial charge in [0.15, 0.2) is 9.84 Å². The predicted octanol–water partition coefficient (Wildman–Crippen LogP) is 1.85. The fourth-order valence-electron chi connectivity index (χ4n) is 6.37. The zero-order valence-electron chi connectivity index (χ0n) is 22.9. The van der Waals surface area contributed by atoms with E-state index in [1.54, 1.807) is 38.2 Å². The molecule has 2 saturated heterocycles. The van der Waals surface area contributed by atoms with Crippen LogP contribution in [-0.4, -0.2) is 105 Å². The summed E-state index contributed by atoms with van der Waals surface area (Å²) in [6.45, 7) is 12.1. The number of ether oxygens (including phenoxy) is 1. The van der Waals surface area contributed by atoms with Crippen molar-refractivity contribution in [2.75, 3.05) is 46.1 Å². The van der Waals surface area contributed by atoms with Crippen LogP contribution in [0.2, 0.25) is 0 Å². The minimum absolute atomic E-state index is 0.119. The Kier molecular flexibility index (Phi) is 8.23.